The van der Waals surface area contributed by atoms with E-state index in [9.17, 15) is 18.5 Å². The van der Waals surface area contributed by atoms with Crippen LogP contribution in [0.3, 0.4) is 0 Å². The van der Waals surface area contributed by atoms with Crippen molar-refractivity contribution in [1.29, 1.82) is 0 Å². The number of aromatic nitrogens is 2. The van der Waals surface area contributed by atoms with Gasteiger partial charge in [0.25, 0.3) is 0 Å². The van der Waals surface area contributed by atoms with Crippen LogP contribution in [-0.4, -0.2) is 29.4 Å². The molecular formula is C10H13N5O4S2. The minimum Gasteiger partial charge on any atom is -0.385 e. The van der Waals surface area contributed by atoms with E-state index in [1.54, 1.807) is 18.7 Å². The van der Waals surface area contributed by atoms with Gasteiger partial charge in [-0.1, -0.05) is 11.3 Å². The number of nitro groups is 1. The van der Waals surface area contributed by atoms with Gasteiger partial charge in [0.2, 0.25) is 10.0 Å². The maximum Gasteiger partial charge on any atom is 0.304 e. The number of hydrogen-bond acceptors (Lipinski definition) is 7. The summed E-state index contributed by atoms with van der Waals surface area (Å²) in [5.74, 6) is 0. The third-order valence-corrected chi connectivity index (χ3v) is 5.51. The molecule has 2 aromatic rings. The highest BCUT2D eigenvalue weighted by atomic mass is 32.2. The lowest BCUT2D eigenvalue weighted by atomic mass is 10.4. The average Bonchev–Trinajstić information content (AvgIpc) is 3.04. The van der Waals surface area contributed by atoms with Crippen molar-refractivity contribution < 1.29 is 13.3 Å². The minimum absolute atomic E-state index is 0.126. The number of nitrogens with one attached hydrogen (secondary N) is 1. The fourth-order valence-corrected chi connectivity index (χ4v) is 3.94. The predicted molar refractivity (Wildman–Crippen MR) is 77.4 cm³/mol. The maximum atomic E-state index is 12.0. The number of nitrogens with zero attached hydrogens (tertiary/aromatic N) is 3. The second-order valence-corrected chi connectivity index (χ2v) is 7.20. The molecule has 0 spiro atoms. The van der Waals surface area contributed by atoms with Crippen LogP contribution < -0.4 is 10.5 Å². The molecule has 3 N–H and O–H groups in total. The van der Waals surface area contributed by atoms with Crippen LogP contribution in [0.2, 0.25) is 0 Å². The van der Waals surface area contributed by atoms with Crippen LogP contribution in [0.25, 0.3) is 0 Å². The molecule has 11 heteroatoms. The number of hydrogen-bond donors (Lipinski definition) is 2. The molecule has 0 saturated heterocycles. The van der Waals surface area contributed by atoms with Crippen molar-refractivity contribution >= 4 is 32.0 Å². The first kappa shape index (κ1) is 15.4. The van der Waals surface area contributed by atoms with Crippen molar-refractivity contribution in [2.24, 2.45) is 0 Å². The first-order valence-electron chi connectivity index (χ1n) is 5.89. The van der Waals surface area contributed by atoms with E-state index in [-0.39, 0.29) is 15.8 Å². The average molecular weight is 331 g/mol. The number of sulfonamides is 1. The van der Waals surface area contributed by atoms with Crippen molar-refractivity contribution in [1.82, 2.24) is 14.3 Å². The largest absolute Gasteiger partial charge is 0.385 e. The minimum atomic E-state index is -3.78. The Bertz CT molecular complexity index is 723. The molecule has 0 aliphatic rings. The van der Waals surface area contributed by atoms with Gasteiger partial charge in [-0.2, -0.15) is 0 Å². The summed E-state index contributed by atoms with van der Waals surface area (Å²) in [4.78, 5) is 13.8. The molecule has 0 aliphatic heterocycles. The Morgan fingerprint density at radius 1 is 1.52 bits per heavy atom. The van der Waals surface area contributed by atoms with Crippen LogP contribution in [0.5, 0.6) is 0 Å². The fraction of sp³-hybridized carbons (Fsp3) is 0.300. The third kappa shape index (κ3) is 3.77. The Labute approximate surface area is 124 Å². The van der Waals surface area contributed by atoms with E-state index in [0.717, 1.165) is 6.07 Å². The molecule has 0 atom stereocenters. The molecule has 0 saturated carbocycles. The zero-order valence-electron chi connectivity index (χ0n) is 10.8. The highest BCUT2D eigenvalue weighted by molar-refractivity contribution is 7.91. The summed E-state index contributed by atoms with van der Waals surface area (Å²) < 4.78 is 28.0. The SMILES string of the molecule is Nc1sc(S(=O)(=O)NCCCn2ccnc2)cc1[N+](=O)[O-]. The molecule has 9 nitrogen and oxygen atoms in total. The fourth-order valence-electron chi connectivity index (χ4n) is 1.61. The normalized spacial score (nSPS) is 11.6. The molecule has 0 aromatic carbocycles. The number of nitrogens with two attached hydrogens (primary N) is 1. The highest BCUT2D eigenvalue weighted by Crippen LogP contribution is 2.34. The zero-order chi connectivity index (χ0) is 15.5. The number of imidazole rings is 1. The maximum absolute atomic E-state index is 12.0. The van der Waals surface area contributed by atoms with Gasteiger partial charge in [0.15, 0.2) is 5.00 Å². The summed E-state index contributed by atoms with van der Waals surface area (Å²) in [6, 6.07) is 0.970. The molecule has 0 amide bonds. The van der Waals surface area contributed by atoms with Gasteiger partial charge in [-0.25, -0.2) is 18.1 Å². The second kappa shape index (κ2) is 6.20. The van der Waals surface area contributed by atoms with Crippen LogP contribution in [0.1, 0.15) is 6.42 Å². The number of thiophene rings is 1. The van der Waals surface area contributed by atoms with E-state index in [1.165, 1.54) is 0 Å². The first-order valence-corrected chi connectivity index (χ1v) is 8.19. The van der Waals surface area contributed by atoms with Crippen molar-refractivity contribution in [3.05, 3.63) is 34.9 Å². The van der Waals surface area contributed by atoms with Gasteiger partial charge in [-0.15, -0.1) is 0 Å². The van der Waals surface area contributed by atoms with E-state index in [0.29, 0.717) is 24.3 Å². The van der Waals surface area contributed by atoms with Crippen LogP contribution in [-0.2, 0) is 16.6 Å². The third-order valence-electron chi connectivity index (χ3n) is 2.62. The smallest absolute Gasteiger partial charge is 0.304 e. The van der Waals surface area contributed by atoms with Crippen molar-refractivity contribution in [2.45, 2.75) is 17.2 Å². The second-order valence-electron chi connectivity index (χ2n) is 4.12. The molecule has 0 aliphatic carbocycles. The van der Waals surface area contributed by atoms with Crippen LogP contribution in [0, 0.1) is 10.1 Å². The van der Waals surface area contributed by atoms with E-state index in [4.69, 9.17) is 5.73 Å². The Hall–Kier alpha value is -1.98. The molecule has 0 fully saturated rings. The van der Waals surface area contributed by atoms with Gasteiger partial charge in [0.05, 0.1) is 11.3 Å². The Morgan fingerprint density at radius 2 is 2.29 bits per heavy atom. The standard InChI is InChI=1S/C10H13N5O4S2/c11-10-8(15(16)17)6-9(20-10)21(18,19)13-2-1-4-14-5-3-12-7-14/h3,5-7,13H,1-2,4,11H2. The topological polar surface area (TPSA) is 133 Å². The summed E-state index contributed by atoms with van der Waals surface area (Å²) >= 11 is 0.676. The number of anilines is 1. The lowest BCUT2D eigenvalue weighted by Crippen LogP contribution is -2.24. The summed E-state index contributed by atoms with van der Waals surface area (Å²) in [6.45, 7) is 0.835. The zero-order valence-corrected chi connectivity index (χ0v) is 12.4. The van der Waals surface area contributed by atoms with E-state index in [1.807, 2.05) is 4.57 Å². The van der Waals surface area contributed by atoms with Gasteiger partial charge in [0, 0.05) is 31.5 Å². The predicted octanol–water partition coefficient (Wildman–Crippen LogP) is 0.804. The van der Waals surface area contributed by atoms with E-state index in [2.05, 4.69) is 9.71 Å². The van der Waals surface area contributed by atoms with E-state index < -0.39 is 20.6 Å². The van der Waals surface area contributed by atoms with Crippen LogP contribution in [0.4, 0.5) is 10.7 Å². The molecule has 21 heavy (non-hydrogen) atoms. The number of nitrogen functional groups attached to an aromatic ring is 1. The number of aryl methyl sites for hydroxylation is 1. The van der Waals surface area contributed by atoms with Crippen LogP contribution in [0.15, 0.2) is 29.0 Å². The number of rotatable bonds is 7. The Balaban J connectivity index is 1.95. The van der Waals surface area contributed by atoms with E-state index >= 15 is 0 Å². The van der Waals surface area contributed by atoms with Crippen molar-refractivity contribution in [3.8, 4) is 0 Å². The van der Waals surface area contributed by atoms with Crippen LogP contribution >= 0.6 is 11.3 Å². The molecule has 2 rings (SSSR count). The first-order chi connectivity index (χ1) is 9.90. The summed E-state index contributed by atoms with van der Waals surface area (Å²) in [7, 11) is -3.78. The molecule has 0 radical (unpaired) electrons. The van der Waals surface area contributed by atoms with Gasteiger partial charge in [-0.3, -0.25) is 10.1 Å². The monoisotopic (exact) mass is 331 g/mol. The molecular weight excluding hydrogens is 318 g/mol. The molecule has 114 valence electrons. The van der Waals surface area contributed by atoms with Gasteiger partial charge < -0.3 is 10.3 Å². The molecule has 0 unspecified atom stereocenters. The Kier molecular flexibility index (Phi) is 4.55. The van der Waals surface area contributed by atoms with Gasteiger partial charge in [0.1, 0.15) is 4.21 Å². The molecule has 0 bridgehead atoms. The molecule has 2 aromatic heterocycles. The van der Waals surface area contributed by atoms with Gasteiger partial charge in [-0.05, 0) is 6.42 Å². The quantitative estimate of drug-likeness (QED) is 0.438. The molecule has 2 heterocycles. The summed E-state index contributed by atoms with van der Waals surface area (Å²) in [6.07, 6.45) is 5.62. The highest BCUT2D eigenvalue weighted by Gasteiger charge is 2.24. The lowest BCUT2D eigenvalue weighted by molar-refractivity contribution is -0.383. The Morgan fingerprint density at radius 3 is 2.86 bits per heavy atom. The lowest BCUT2D eigenvalue weighted by Gasteiger charge is -2.04. The summed E-state index contributed by atoms with van der Waals surface area (Å²) in [5.41, 5.74) is 5.04. The summed E-state index contributed by atoms with van der Waals surface area (Å²) in [5, 5.41) is 10.5. The van der Waals surface area contributed by atoms with Gasteiger partial charge >= 0.3 is 5.69 Å². The van der Waals surface area contributed by atoms with Crippen molar-refractivity contribution in [3.63, 3.8) is 0 Å². The van der Waals surface area contributed by atoms with Crippen molar-refractivity contribution in [2.75, 3.05) is 12.3 Å².